The van der Waals surface area contributed by atoms with Crippen LogP contribution in [-0.2, 0) is 4.79 Å². The van der Waals surface area contributed by atoms with Crippen LogP contribution in [0, 0.1) is 0 Å². The van der Waals surface area contributed by atoms with Gasteiger partial charge in [0.1, 0.15) is 0 Å². The normalized spacial score (nSPS) is 6.25. The van der Waals surface area contributed by atoms with E-state index in [0.717, 1.165) is 12.6 Å². The second-order valence-electron chi connectivity index (χ2n) is 0.951. The lowest BCUT2D eigenvalue weighted by Crippen LogP contribution is -1.87. The molecule has 0 aliphatic rings. The number of carboxylic acid groups (broad SMARTS) is 1. The lowest BCUT2D eigenvalue weighted by Gasteiger charge is -1.64. The molecule has 0 fully saturated rings. The van der Waals surface area contributed by atoms with E-state index in [4.69, 9.17) is 10.8 Å². The lowest BCUT2D eigenvalue weighted by molar-refractivity contribution is -0.131. The van der Waals surface area contributed by atoms with E-state index in [1.807, 2.05) is 6.92 Å². The molecule has 8 heavy (non-hydrogen) atoms. The molecule has 0 aromatic carbocycles. The van der Waals surface area contributed by atoms with Crippen LogP contribution in [0.2, 0.25) is 0 Å². The Balaban J connectivity index is 0. The van der Waals surface area contributed by atoms with E-state index in [-0.39, 0.29) is 0 Å². The smallest absolute Gasteiger partial charge is 0.327 e. The van der Waals surface area contributed by atoms with Gasteiger partial charge in [0.05, 0.1) is 0 Å². The Morgan fingerprint density at radius 1 is 2.00 bits per heavy atom. The number of hydrogen-bond acceptors (Lipinski definition) is 2. The first-order chi connectivity index (χ1) is 3.68. The standard InChI is InChI=1S/C3H4O2.C2H7N/c1-2-3(4)5;1-2-3/h2H,1H2,(H,4,5);2-3H2,1H3. The Labute approximate surface area is 48.8 Å². The number of carboxylic acids is 1. The van der Waals surface area contributed by atoms with Crippen molar-refractivity contribution in [3.8, 4) is 0 Å². The van der Waals surface area contributed by atoms with Crippen LogP contribution in [0.5, 0.6) is 0 Å². The maximum absolute atomic E-state index is 9.25. The zero-order chi connectivity index (χ0) is 6.99. The van der Waals surface area contributed by atoms with Crippen molar-refractivity contribution in [2.75, 3.05) is 6.54 Å². The van der Waals surface area contributed by atoms with Gasteiger partial charge in [0.2, 0.25) is 0 Å². The molecule has 0 spiro atoms. The third kappa shape index (κ3) is 65.7. The summed E-state index contributed by atoms with van der Waals surface area (Å²) in [4.78, 5) is 9.25. The van der Waals surface area contributed by atoms with E-state index in [2.05, 4.69) is 6.58 Å². The van der Waals surface area contributed by atoms with Gasteiger partial charge in [-0.1, -0.05) is 13.5 Å². The summed E-state index contributed by atoms with van der Waals surface area (Å²) in [6.45, 7) is 5.61. The summed E-state index contributed by atoms with van der Waals surface area (Å²) in [5.41, 5.74) is 4.85. The molecule has 0 radical (unpaired) electrons. The molecule has 0 bridgehead atoms. The van der Waals surface area contributed by atoms with Crippen molar-refractivity contribution >= 4 is 5.97 Å². The summed E-state index contributed by atoms with van der Waals surface area (Å²) in [6.07, 6.45) is 0.833. The van der Waals surface area contributed by atoms with Crippen molar-refractivity contribution in [1.29, 1.82) is 0 Å². The van der Waals surface area contributed by atoms with Crippen molar-refractivity contribution < 1.29 is 9.90 Å². The van der Waals surface area contributed by atoms with Gasteiger partial charge >= 0.3 is 5.97 Å². The fourth-order valence-electron chi connectivity index (χ4n) is 0. The van der Waals surface area contributed by atoms with Gasteiger partial charge in [-0.25, -0.2) is 4.79 Å². The van der Waals surface area contributed by atoms with E-state index in [1.54, 1.807) is 0 Å². The third-order valence-corrected chi connectivity index (χ3v) is 0.175. The molecular weight excluding hydrogens is 106 g/mol. The van der Waals surface area contributed by atoms with Gasteiger partial charge < -0.3 is 10.8 Å². The number of aliphatic carboxylic acids is 1. The second-order valence-corrected chi connectivity index (χ2v) is 0.951. The Hall–Kier alpha value is -0.830. The molecule has 3 heteroatoms. The number of carbonyl (C=O) groups is 1. The van der Waals surface area contributed by atoms with Crippen LogP contribution in [0.15, 0.2) is 12.7 Å². The minimum Gasteiger partial charge on any atom is -0.478 e. The van der Waals surface area contributed by atoms with E-state index >= 15 is 0 Å². The molecule has 0 aromatic heterocycles. The van der Waals surface area contributed by atoms with Crippen LogP contribution in [0.3, 0.4) is 0 Å². The predicted octanol–water partition coefficient (Wildman–Crippen LogP) is 0.222. The molecule has 48 valence electrons. The zero-order valence-corrected chi connectivity index (χ0v) is 4.92. The molecule has 0 rings (SSSR count). The highest BCUT2D eigenvalue weighted by Gasteiger charge is 1.73. The van der Waals surface area contributed by atoms with Gasteiger partial charge in [-0.05, 0) is 6.54 Å². The van der Waals surface area contributed by atoms with E-state index < -0.39 is 5.97 Å². The van der Waals surface area contributed by atoms with Crippen LogP contribution in [-0.4, -0.2) is 17.6 Å². The zero-order valence-electron chi connectivity index (χ0n) is 4.92. The van der Waals surface area contributed by atoms with Crippen LogP contribution >= 0.6 is 0 Å². The van der Waals surface area contributed by atoms with Gasteiger partial charge in [0.25, 0.3) is 0 Å². The monoisotopic (exact) mass is 117 g/mol. The Morgan fingerprint density at radius 2 is 2.12 bits per heavy atom. The average Bonchev–Trinajstić information content (AvgIpc) is 1.69. The lowest BCUT2D eigenvalue weighted by atomic mass is 10.7. The van der Waals surface area contributed by atoms with Gasteiger partial charge in [0, 0.05) is 6.08 Å². The molecule has 0 aliphatic heterocycles. The molecule has 0 saturated heterocycles. The quantitative estimate of drug-likeness (QED) is 0.483. The molecule has 3 nitrogen and oxygen atoms in total. The molecule has 0 heterocycles. The first kappa shape index (κ1) is 10.2. The highest BCUT2D eigenvalue weighted by molar-refractivity contribution is 5.78. The molecule has 0 unspecified atom stereocenters. The summed E-state index contributed by atoms with van der Waals surface area (Å²) in [5, 5.41) is 7.60. The van der Waals surface area contributed by atoms with Crippen molar-refractivity contribution in [2.24, 2.45) is 5.73 Å². The van der Waals surface area contributed by atoms with Gasteiger partial charge in [-0.15, -0.1) is 0 Å². The average molecular weight is 117 g/mol. The maximum atomic E-state index is 9.25. The van der Waals surface area contributed by atoms with E-state index in [1.165, 1.54) is 0 Å². The minimum absolute atomic E-state index is 0.750. The molecule has 0 aliphatic carbocycles. The van der Waals surface area contributed by atoms with Crippen molar-refractivity contribution in [1.82, 2.24) is 0 Å². The summed E-state index contributed by atoms with van der Waals surface area (Å²) in [7, 11) is 0. The fraction of sp³-hybridized carbons (Fsp3) is 0.400. The summed E-state index contributed by atoms with van der Waals surface area (Å²) in [6, 6.07) is 0. The summed E-state index contributed by atoms with van der Waals surface area (Å²) >= 11 is 0. The van der Waals surface area contributed by atoms with Crippen molar-refractivity contribution in [3.63, 3.8) is 0 Å². The highest BCUT2D eigenvalue weighted by Crippen LogP contribution is 1.54. The molecule has 0 aromatic rings. The van der Waals surface area contributed by atoms with Gasteiger partial charge in [-0.2, -0.15) is 0 Å². The summed E-state index contributed by atoms with van der Waals surface area (Å²) < 4.78 is 0. The van der Waals surface area contributed by atoms with Crippen molar-refractivity contribution in [3.05, 3.63) is 12.7 Å². The molecule has 0 amide bonds. The maximum Gasteiger partial charge on any atom is 0.327 e. The minimum atomic E-state index is -0.981. The van der Waals surface area contributed by atoms with Gasteiger partial charge in [0.15, 0.2) is 0 Å². The van der Waals surface area contributed by atoms with Crippen LogP contribution in [0.4, 0.5) is 0 Å². The van der Waals surface area contributed by atoms with E-state index in [0.29, 0.717) is 0 Å². The third-order valence-electron chi connectivity index (χ3n) is 0.175. The number of hydrogen-bond donors (Lipinski definition) is 2. The largest absolute Gasteiger partial charge is 0.478 e. The Bertz CT molecular complexity index is 70.8. The van der Waals surface area contributed by atoms with Crippen LogP contribution in [0.1, 0.15) is 6.92 Å². The second kappa shape index (κ2) is 9.48. The molecule has 0 saturated carbocycles. The number of rotatable bonds is 1. The molecular formula is C5H11NO2. The summed E-state index contributed by atoms with van der Waals surface area (Å²) in [5.74, 6) is -0.981. The van der Waals surface area contributed by atoms with E-state index in [9.17, 15) is 4.79 Å². The Morgan fingerprint density at radius 3 is 2.12 bits per heavy atom. The van der Waals surface area contributed by atoms with Gasteiger partial charge in [-0.3, -0.25) is 0 Å². The van der Waals surface area contributed by atoms with Crippen molar-refractivity contribution in [2.45, 2.75) is 6.92 Å². The van der Waals surface area contributed by atoms with Crippen LogP contribution in [0.25, 0.3) is 0 Å². The fourth-order valence-corrected chi connectivity index (χ4v) is 0. The SMILES string of the molecule is C=CC(=O)O.CCN. The first-order valence-corrected chi connectivity index (χ1v) is 2.24. The highest BCUT2D eigenvalue weighted by atomic mass is 16.4. The first-order valence-electron chi connectivity index (χ1n) is 2.24. The Kier molecular flexibility index (Phi) is 12.1. The number of nitrogens with two attached hydrogens (primary N) is 1. The molecule has 0 atom stereocenters. The topological polar surface area (TPSA) is 63.3 Å². The van der Waals surface area contributed by atoms with Crippen LogP contribution < -0.4 is 5.73 Å². The predicted molar refractivity (Wildman–Crippen MR) is 32.6 cm³/mol. The molecule has 3 N–H and O–H groups in total.